The third-order valence-electron chi connectivity index (χ3n) is 4.80. The Bertz CT molecular complexity index is 1040. The maximum Gasteiger partial charge on any atom is 0.326 e. The fourth-order valence-electron chi connectivity index (χ4n) is 3.20. The summed E-state index contributed by atoms with van der Waals surface area (Å²) in [6, 6.07) is 11.5. The number of fused-ring (bicyclic) bond motifs is 1. The lowest BCUT2D eigenvalue weighted by Crippen LogP contribution is -2.20. The maximum absolute atomic E-state index is 12.5. The summed E-state index contributed by atoms with van der Waals surface area (Å²) in [5, 5.41) is 0. The van der Waals surface area contributed by atoms with Gasteiger partial charge in [-0.15, -0.1) is 0 Å². The Balaban J connectivity index is 1.71. The lowest BCUT2D eigenvalue weighted by Gasteiger charge is -2.11. The number of ketones is 1. The zero-order chi connectivity index (χ0) is 20.3. The molecule has 1 heterocycles. The number of aromatic nitrogens is 2. The van der Waals surface area contributed by atoms with E-state index in [0.717, 1.165) is 33.5 Å². The average molecular weight is 397 g/mol. The molecule has 6 heteroatoms. The molecule has 0 aliphatic rings. The first-order valence-electron chi connectivity index (χ1n) is 9.10. The van der Waals surface area contributed by atoms with Crippen molar-refractivity contribution in [2.75, 3.05) is 12.9 Å². The Morgan fingerprint density at radius 1 is 1.07 bits per heavy atom. The van der Waals surface area contributed by atoms with Crippen molar-refractivity contribution in [2.45, 2.75) is 33.1 Å². The maximum atomic E-state index is 12.5. The highest BCUT2D eigenvalue weighted by Crippen LogP contribution is 2.19. The van der Waals surface area contributed by atoms with Crippen molar-refractivity contribution in [3.8, 4) is 0 Å². The molecule has 5 nitrogen and oxygen atoms in total. The van der Waals surface area contributed by atoms with Crippen molar-refractivity contribution in [1.82, 2.24) is 9.55 Å². The van der Waals surface area contributed by atoms with Gasteiger partial charge in [0, 0.05) is 5.56 Å². The summed E-state index contributed by atoms with van der Waals surface area (Å²) >= 11 is 1.64. The normalized spacial score (nSPS) is 11.0. The topological polar surface area (TPSA) is 61.2 Å². The van der Waals surface area contributed by atoms with Gasteiger partial charge in [-0.05, 0) is 61.9 Å². The van der Waals surface area contributed by atoms with Gasteiger partial charge in [-0.1, -0.05) is 18.2 Å². The Labute approximate surface area is 169 Å². The van der Waals surface area contributed by atoms with Crippen LogP contribution in [0.3, 0.4) is 0 Å². The van der Waals surface area contributed by atoms with Crippen LogP contribution in [0.2, 0.25) is 0 Å². The van der Waals surface area contributed by atoms with Gasteiger partial charge in [-0.2, -0.15) is 11.8 Å². The minimum atomic E-state index is -0.444. The molecule has 0 saturated carbocycles. The molecule has 0 spiro atoms. The Kier molecular flexibility index (Phi) is 6.19. The highest BCUT2D eigenvalue weighted by Gasteiger charge is 2.17. The third kappa shape index (κ3) is 4.28. The van der Waals surface area contributed by atoms with Gasteiger partial charge in [0.15, 0.2) is 6.61 Å². The molecule has 0 unspecified atom stereocenters. The number of thioether (sulfide) groups is 1. The Hall–Kier alpha value is -2.60. The number of hydrogen-bond donors (Lipinski definition) is 0. The molecule has 3 rings (SSSR count). The van der Waals surface area contributed by atoms with Crippen LogP contribution in [0.1, 0.15) is 32.9 Å². The minimum absolute atomic E-state index is 0.0373. The summed E-state index contributed by atoms with van der Waals surface area (Å²) in [6.45, 7) is 5.66. The van der Waals surface area contributed by atoms with Crippen LogP contribution in [0.5, 0.6) is 0 Å². The smallest absolute Gasteiger partial charge is 0.326 e. The quantitative estimate of drug-likeness (QED) is 0.441. The number of carbonyl (C=O) groups is 2. The van der Waals surface area contributed by atoms with E-state index < -0.39 is 5.97 Å². The van der Waals surface area contributed by atoms with E-state index in [0.29, 0.717) is 11.3 Å². The number of Topliss-reactive ketones (excluding diaryl/α,β-unsaturated/α-hetero) is 1. The summed E-state index contributed by atoms with van der Waals surface area (Å²) < 4.78 is 7.16. The van der Waals surface area contributed by atoms with E-state index in [1.807, 2.05) is 68.0 Å². The summed E-state index contributed by atoms with van der Waals surface area (Å²) in [4.78, 5) is 29.5. The minimum Gasteiger partial charge on any atom is -0.456 e. The van der Waals surface area contributed by atoms with E-state index in [-0.39, 0.29) is 18.9 Å². The monoisotopic (exact) mass is 396 g/mol. The third-order valence-corrected chi connectivity index (χ3v) is 5.35. The fourth-order valence-corrected chi connectivity index (χ4v) is 3.68. The van der Waals surface area contributed by atoms with E-state index in [1.165, 1.54) is 0 Å². The summed E-state index contributed by atoms with van der Waals surface area (Å²) in [5.41, 5.74) is 5.42. The van der Waals surface area contributed by atoms with Crippen LogP contribution < -0.4 is 0 Å². The molecule has 3 aromatic rings. The van der Waals surface area contributed by atoms with Gasteiger partial charge < -0.3 is 9.30 Å². The summed E-state index contributed by atoms with van der Waals surface area (Å²) in [5.74, 6) is 0.888. The second-order valence-corrected chi connectivity index (χ2v) is 7.74. The molecule has 0 bridgehead atoms. The van der Waals surface area contributed by atoms with Crippen molar-refractivity contribution < 1.29 is 14.3 Å². The molecule has 146 valence electrons. The second-order valence-electron chi connectivity index (χ2n) is 6.87. The number of esters is 1. The lowest BCUT2D eigenvalue weighted by atomic mass is 9.98. The molecular weight excluding hydrogens is 372 g/mol. The van der Waals surface area contributed by atoms with Gasteiger partial charge >= 0.3 is 5.97 Å². The van der Waals surface area contributed by atoms with E-state index in [4.69, 9.17) is 4.74 Å². The van der Waals surface area contributed by atoms with Gasteiger partial charge in [0.05, 0.1) is 16.8 Å². The number of carbonyl (C=O) groups excluding carboxylic acids is 2. The van der Waals surface area contributed by atoms with E-state index in [2.05, 4.69) is 4.98 Å². The van der Waals surface area contributed by atoms with Crippen molar-refractivity contribution in [1.29, 1.82) is 0 Å². The Morgan fingerprint density at radius 2 is 1.79 bits per heavy atom. The van der Waals surface area contributed by atoms with Crippen LogP contribution in [-0.2, 0) is 21.8 Å². The molecule has 1 aromatic heterocycles. The number of hydrogen-bond acceptors (Lipinski definition) is 5. The number of imidazole rings is 1. The molecule has 0 fully saturated rings. The Morgan fingerprint density at radius 3 is 2.54 bits per heavy atom. The first kappa shape index (κ1) is 20.1. The molecule has 2 aromatic carbocycles. The molecule has 0 amide bonds. The molecule has 28 heavy (non-hydrogen) atoms. The van der Waals surface area contributed by atoms with Gasteiger partial charge in [0.1, 0.15) is 12.4 Å². The number of aryl methyl sites for hydroxylation is 3. The van der Waals surface area contributed by atoms with E-state index in [9.17, 15) is 9.59 Å². The van der Waals surface area contributed by atoms with Crippen molar-refractivity contribution in [3.63, 3.8) is 0 Å². The predicted octanol–water partition coefficient (Wildman–Crippen LogP) is 4.25. The molecule has 0 N–H and O–H groups in total. The zero-order valence-electron chi connectivity index (χ0n) is 16.6. The number of ether oxygens (including phenoxy) is 1. The van der Waals surface area contributed by atoms with E-state index >= 15 is 0 Å². The van der Waals surface area contributed by atoms with Gasteiger partial charge in [-0.25, -0.2) is 4.98 Å². The molecule has 0 atom stereocenters. The average Bonchev–Trinajstić information content (AvgIpc) is 3.00. The summed E-state index contributed by atoms with van der Waals surface area (Å²) in [6.07, 6.45) is 1.99. The van der Waals surface area contributed by atoms with Crippen molar-refractivity contribution in [2.24, 2.45) is 0 Å². The lowest BCUT2D eigenvalue weighted by molar-refractivity contribution is -0.143. The van der Waals surface area contributed by atoms with Gasteiger partial charge in [0.25, 0.3) is 0 Å². The number of para-hydroxylation sites is 2. The first-order valence-corrected chi connectivity index (χ1v) is 10.5. The number of benzene rings is 2. The standard InChI is InChI=1S/C22H24N2O3S/c1-14-9-16(3)17(10-15(14)2)20(25)12-27-22(26)11-24-19-8-6-5-7-18(19)23-21(24)13-28-4/h5-10H,11-13H2,1-4H3. The molecule has 0 radical (unpaired) electrons. The highest BCUT2D eigenvalue weighted by molar-refractivity contribution is 7.97. The molecule has 0 saturated heterocycles. The number of rotatable bonds is 7. The SMILES string of the molecule is CSCc1nc2ccccc2n1CC(=O)OCC(=O)c1cc(C)c(C)cc1C. The van der Waals surface area contributed by atoms with Crippen LogP contribution >= 0.6 is 11.8 Å². The van der Waals surface area contributed by atoms with Crippen LogP contribution in [0.4, 0.5) is 0 Å². The van der Waals surface area contributed by atoms with E-state index in [1.54, 1.807) is 11.8 Å². The van der Waals surface area contributed by atoms with Crippen LogP contribution in [0.15, 0.2) is 36.4 Å². The van der Waals surface area contributed by atoms with Crippen LogP contribution in [0.25, 0.3) is 11.0 Å². The zero-order valence-corrected chi connectivity index (χ0v) is 17.4. The number of nitrogens with zero attached hydrogens (tertiary/aromatic N) is 2. The van der Waals surface area contributed by atoms with Crippen molar-refractivity contribution in [3.05, 3.63) is 64.5 Å². The van der Waals surface area contributed by atoms with Crippen LogP contribution in [0, 0.1) is 20.8 Å². The molecule has 0 aliphatic heterocycles. The largest absolute Gasteiger partial charge is 0.456 e. The highest BCUT2D eigenvalue weighted by atomic mass is 32.2. The molecular formula is C22H24N2O3S. The predicted molar refractivity (Wildman–Crippen MR) is 113 cm³/mol. The summed E-state index contributed by atoms with van der Waals surface area (Å²) in [7, 11) is 0. The van der Waals surface area contributed by atoms with Gasteiger partial charge in [0.2, 0.25) is 5.78 Å². The fraction of sp³-hybridized carbons (Fsp3) is 0.318. The second kappa shape index (κ2) is 8.61. The first-order chi connectivity index (χ1) is 13.4. The van der Waals surface area contributed by atoms with Gasteiger partial charge in [-0.3, -0.25) is 9.59 Å². The van der Waals surface area contributed by atoms with Crippen molar-refractivity contribution >= 4 is 34.5 Å². The molecule has 0 aliphatic carbocycles. The van der Waals surface area contributed by atoms with Crippen LogP contribution in [-0.4, -0.2) is 34.2 Å².